The number of aromatic amines is 2. The van der Waals surface area contributed by atoms with Gasteiger partial charge in [-0.1, -0.05) is 12.1 Å². The highest BCUT2D eigenvalue weighted by atomic mass is 19.1. The first-order valence-corrected chi connectivity index (χ1v) is 14.7. The number of ether oxygens (including phenoxy) is 1. The molecule has 0 aliphatic carbocycles. The molecule has 0 amide bonds. The molecule has 4 aromatic heterocycles. The van der Waals surface area contributed by atoms with Gasteiger partial charge >= 0.3 is 0 Å². The Hall–Kier alpha value is -4.60. The highest BCUT2D eigenvalue weighted by Gasteiger charge is 2.17. The Morgan fingerprint density at radius 2 is 1.79 bits per heavy atom. The number of H-pyrrole nitrogens is 2. The summed E-state index contributed by atoms with van der Waals surface area (Å²) >= 11 is 0. The van der Waals surface area contributed by atoms with Crippen molar-refractivity contribution >= 4 is 21.9 Å². The Bertz CT molecular complexity index is 1900. The zero-order valence-electron chi connectivity index (χ0n) is 24.4. The first kappa shape index (κ1) is 27.2. The van der Waals surface area contributed by atoms with Crippen molar-refractivity contribution in [2.24, 2.45) is 0 Å². The summed E-state index contributed by atoms with van der Waals surface area (Å²) < 4.78 is 20.5. The summed E-state index contributed by atoms with van der Waals surface area (Å²) in [5, 5.41) is 9.57. The van der Waals surface area contributed by atoms with Gasteiger partial charge in [0, 0.05) is 65.2 Å². The van der Waals surface area contributed by atoms with Crippen LogP contribution in [0.25, 0.3) is 55.6 Å². The molecule has 1 fully saturated rings. The van der Waals surface area contributed by atoms with Crippen LogP contribution >= 0.6 is 0 Å². The molecule has 0 bridgehead atoms. The third-order valence-electron chi connectivity index (χ3n) is 8.07. The highest BCUT2D eigenvalue weighted by Crippen LogP contribution is 2.36. The average molecular weight is 576 g/mol. The monoisotopic (exact) mass is 575 g/mol. The SMILES string of the molecule is CN(C)CCOc1cc(F)cc(-c2cccc3[nH]c(-c4[nH]nc5ncc(-c6cncc(CN7CCCC7)c6)cc45)cc23)c1. The zero-order chi connectivity index (χ0) is 29.3. The quantitative estimate of drug-likeness (QED) is 0.204. The van der Waals surface area contributed by atoms with Crippen LogP contribution in [0.3, 0.4) is 0 Å². The first-order valence-electron chi connectivity index (χ1n) is 14.7. The Morgan fingerprint density at radius 3 is 2.65 bits per heavy atom. The van der Waals surface area contributed by atoms with Gasteiger partial charge in [-0.25, -0.2) is 9.37 Å². The molecule has 2 aromatic carbocycles. The van der Waals surface area contributed by atoms with Gasteiger partial charge in [-0.2, -0.15) is 5.10 Å². The van der Waals surface area contributed by atoms with E-state index in [9.17, 15) is 4.39 Å². The van der Waals surface area contributed by atoms with E-state index in [1.54, 1.807) is 6.07 Å². The predicted octanol–water partition coefficient (Wildman–Crippen LogP) is 6.51. The van der Waals surface area contributed by atoms with E-state index in [0.29, 0.717) is 18.0 Å². The van der Waals surface area contributed by atoms with Gasteiger partial charge in [-0.15, -0.1) is 0 Å². The normalized spacial score (nSPS) is 14.0. The minimum Gasteiger partial charge on any atom is -0.492 e. The summed E-state index contributed by atoms with van der Waals surface area (Å²) in [6, 6.07) is 17.3. The number of hydrogen-bond donors (Lipinski definition) is 2. The van der Waals surface area contributed by atoms with Crippen molar-refractivity contribution < 1.29 is 9.13 Å². The number of rotatable bonds is 9. The van der Waals surface area contributed by atoms with Crippen LogP contribution in [0.5, 0.6) is 5.75 Å². The number of likely N-dealkylation sites (N-methyl/N-ethyl adjacent to an activating group) is 1. The average Bonchev–Trinajstić information content (AvgIpc) is 3.76. The van der Waals surface area contributed by atoms with E-state index in [4.69, 9.17) is 4.74 Å². The smallest absolute Gasteiger partial charge is 0.181 e. The first-order chi connectivity index (χ1) is 21.0. The van der Waals surface area contributed by atoms with Crippen molar-refractivity contribution in [3.63, 3.8) is 0 Å². The number of fused-ring (bicyclic) bond motifs is 2. The van der Waals surface area contributed by atoms with E-state index in [1.807, 2.05) is 61.9 Å². The van der Waals surface area contributed by atoms with Crippen LogP contribution < -0.4 is 4.74 Å². The lowest BCUT2D eigenvalue weighted by Gasteiger charge is -2.14. The van der Waals surface area contributed by atoms with Gasteiger partial charge < -0.3 is 14.6 Å². The Morgan fingerprint density at radius 1 is 0.930 bits per heavy atom. The fourth-order valence-electron chi connectivity index (χ4n) is 5.88. The number of nitrogens with one attached hydrogen (secondary N) is 2. The molecule has 7 rings (SSSR count). The Balaban J connectivity index is 1.22. The lowest BCUT2D eigenvalue weighted by Crippen LogP contribution is -2.19. The molecule has 8 nitrogen and oxygen atoms in total. The summed E-state index contributed by atoms with van der Waals surface area (Å²) in [6.45, 7) is 4.44. The van der Waals surface area contributed by atoms with Crippen LogP contribution in [-0.2, 0) is 6.54 Å². The van der Waals surface area contributed by atoms with E-state index in [2.05, 4.69) is 48.2 Å². The molecule has 0 radical (unpaired) electrons. The molecule has 1 aliphatic rings. The molecule has 1 aliphatic heterocycles. The van der Waals surface area contributed by atoms with E-state index in [0.717, 1.165) is 76.1 Å². The van der Waals surface area contributed by atoms with Crippen LogP contribution in [0.15, 0.2) is 73.2 Å². The number of aromatic nitrogens is 5. The minimum atomic E-state index is -0.331. The van der Waals surface area contributed by atoms with Crippen molar-refractivity contribution in [3.8, 4) is 39.4 Å². The summed E-state index contributed by atoms with van der Waals surface area (Å²) in [5.41, 5.74) is 8.22. The molecule has 5 heterocycles. The van der Waals surface area contributed by atoms with E-state index >= 15 is 0 Å². The summed E-state index contributed by atoms with van der Waals surface area (Å²) in [6.07, 6.45) is 8.23. The fraction of sp³-hybridized carbons (Fsp3) is 0.265. The van der Waals surface area contributed by atoms with Gasteiger partial charge in [-0.3, -0.25) is 15.0 Å². The molecule has 6 aromatic rings. The maximum atomic E-state index is 14.7. The van der Waals surface area contributed by atoms with Crippen LogP contribution in [-0.4, -0.2) is 75.3 Å². The van der Waals surface area contributed by atoms with Crippen molar-refractivity contribution in [2.75, 3.05) is 40.3 Å². The van der Waals surface area contributed by atoms with Crippen molar-refractivity contribution in [1.29, 1.82) is 0 Å². The largest absolute Gasteiger partial charge is 0.492 e. The molecule has 0 atom stereocenters. The molecule has 0 unspecified atom stereocenters. The van der Waals surface area contributed by atoms with E-state index in [1.165, 1.54) is 24.5 Å². The van der Waals surface area contributed by atoms with Gasteiger partial charge in [0.25, 0.3) is 0 Å². The van der Waals surface area contributed by atoms with Gasteiger partial charge in [0.05, 0.1) is 11.4 Å². The molecular weight excluding hydrogens is 541 g/mol. The van der Waals surface area contributed by atoms with Crippen LogP contribution in [0, 0.1) is 5.82 Å². The molecule has 43 heavy (non-hydrogen) atoms. The standard InChI is InChI=1S/C34H34FN7O/c1-41(2)10-11-43-27-14-23(13-26(35)16-27)28-6-5-7-31-29(28)17-32(38-31)33-30-15-25(20-37-34(30)40-39-33)24-12-22(18-36-19-24)21-42-8-3-4-9-42/h5-7,12-20,38H,3-4,8-11,21H2,1-2H3,(H,37,39,40). The number of hydrogen-bond acceptors (Lipinski definition) is 6. The Labute approximate surface area is 249 Å². The van der Waals surface area contributed by atoms with E-state index < -0.39 is 0 Å². The third kappa shape index (κ3) is 5.74. The van der Waals surface area contributed by atoms with Gasteiger partial charge in [0.1, 0.15) is 18.2 Å². The van der Waals surface area contributed by atoms with Crippen LogP contribution in [0.4, 0.5) is 4.39 Å². The number of nitrogens with zero attached hydrogens (tertiary/aromatic N) is 5. The predicted molar refractivity (Wildman–Crippen MR) is 168 cm³/mol. The summed E-state index contributed by atoms with van der Waals surface area (Å²) in [7, 11) is 3.96. The lowest BCUT2D eigenvalue weighted by molar-refractivity contribution is 0.260. The fourth-order valence-corrected chi connectivity index (χ4v) is 5.88. The highest BCUT2D eigenvalue weighted by molar-refractivity contribution is 6.01. The molecule has 0 spiro atoms. The number of pyridine rings is 2. The molecule has 1 saturated heterocycles. The number of likely N-dealkylation sites (tertiary alicyclic amines) is 1. The second kappa shape index (κ2) is 11.6. The third-order valence-corrected chi connectivity index (χ3v) is 8.07. The van der Waals surface area contributed by atoms with Crippen molar-refractivity contribution in [2.45, 2.75) is 19.4 Å². The summed E-state index contributed by atoms with van der Waals surface area (Å²) in [4.78, 5) is 17.2. The number of halogens is 1. The number of benzene rings is 2. The molecule has 9 heteroatoms. The van der Waals surface area contributed by atoms with E-state index in [-0.39, 0.29) is 5.82 Å². The second-order valence-corrected chi connectivity index (χ2v) is 11.5. The zero-order valence-corrected chi connectivity index (χ0v) is 24.4. The van der Waals surface area contributed by atoms with Crippen molar-refractivity contribution in [1.82, 2.24) is 34.9 Å². The van der Waals surface area contributed by atoms with Gasteiger partial charge in [0.15, 0.2) is 5.65 Å². The molecule has 0 saturated carbocycles. The molecule has 2 N–H and O–H groups in total. The van der Waals surface area contributed by atoms with Gasteiger partial charge in [0.2, 0.25) is 0 Å². The lowest BCUT2D eigenvalue weighted by atomic mass is 10.0. The van der Waals surface area contributed by atoms with Crippen LogP contribution in [0.1, 0.15) is 18.4 Å². The molecular formula is C34H34FN7O. The van der Waals surface area contributed by atoms with Crippen molar-refractivity contribution in [3.05, 3.63) is 84.6 Å². The Kier molecular flexibility index (Phi) is 7.34. The van der Waals surface area contributed by atoms with Crippen LogP contribution in [0.2, 0.25) is 0 Å². The van der Waals surface area contributed by atoms with Gasteiger partial charge in [-0.05, 0) is 93.1 Å². The second-order valence-electron chi connectivity index (χ2n) is 11.5. The topological polar surface area (TPSA) is 86.0 Å². The maximum absolute atomic E-state index is 14.7. The summed E-state index contributed by atoms with van der Waals surface area (Å²) in [5.74, 6) is 0.184. The minimum absolute atomic E-state index is 0.331. The maximum Gasteiger partial charge on any atom is 0.181 e. The molecule has 218 valence electrons.